The Morgan fingerprint density at radius 3 is 1.92 bits per heavy atom. The van der Waals surface area contributed by atoms with Gasteiger partial charge in [0.2, 0.25) is 0 Å². The van der Waals surface area contributed by atoms with E-state index in [4.69, 9.17) is 16.0 Å². The van der Waals surface area contributed by atoms with Gasteiger partial charge in [0.1, 0.15) is 11.2 Å². The topological polar surface area (TPSA) is 13.1 Å². The van der Waals surface area contributed by atoms with Crippen molar-refractivity contribution in [2.24, 2.45) is 17.8 Å². The van der Waals surface area contributed by atoms with E-state index in [1.807, 2.05) is 12.1 Å². The lowest BCUT2D eigenvalue weighted by atomic mass is 9.48. The Morgan fingerprint density at radius 1 is 0.639 bits per heavy atom. The second kappa shape index (κ2) is 7.73. The summed E-state index contributed by atoms with van der Waals surface area (Å²) in [6.45, 7) is 0. The van der Waals surface area contributed by atoms with Crippen molar-refractivity contribution in [1.82, 2.24) is 0 Å². The quantitative estimate of drug-likeness (QED) is 0.246. The highest BCUT2D eigenvalue weighted by Crippen LogP contribution is 2.62. The number of hydrogen-bond donors (Lipinski definition) is 0. The van der Waals surface area contributed by atoms with Gasteiger partial charge >= 0.3 is 0 Å². The fourth-order valence-electron chi connectivity index (χ4n) is 8.37. The highest BCUT2D eigenvalue weighted by Gasteiger charge is 2.52. The van der Waals surface area contributed by atoms with E-state index in [9.17, 15) is 0 Å². The predicted molar refractivity (Wildman–Crippen MR) is 149 cm³/mol. The second-order valence-electron chi connectivity index (χ2n) is 11.8. The minimum absolute atomic E-state index is 0.243. The molecule has 4 aliphatic rings. The Hall–Kier alpha value is -3.03. The average molecular weight is 489 g/mol. The number of benzene rings is 4. The molecule has 0 atom stereocenters. The average Bonchev–Trinajstić information content (AvgIpc) is 3.28. The molecule has 0 saturated heterocycles. The lowest BCUT2D eigenvalue weighted by Gasteiger charge is -2.57. The van der Waals surface area contributed by atoms with Crippen molar-refractivity contribution in [3.63, 3.8) is 0 Å². The molecule has 178 valence electrons. The summed E-state index contributed by atoms with van der Waals surface area (Å²) in [6, 6.07) is 30.5. The molecule has 2 heteroatoms. The van der Waals surface area contributed by atoms with E-state index in [0.29, 0.717) is 0 Å². The molecule has 0 unspecified atom stereocenters. The third-order valence-electron chi connectivity index (χ3n) is 9.48. The van der Waals surface area contributed by atoms with Crippen LogP contribution in [0.15, 0.2) is 89.3 Å². The Balaban J connectivity index is 1.34. The van der Waals surface area contributed by atoms with E-state index < -0.39 is 0 Å². The van der Waals surface area contributed by atoms with Crippen molar-refractivity contribution >= 4 is 33.5 Å². The molecule has 0 N–H and O–H groups in total. The first kappa shape index (κ1) is 21.1. The molecule has 4 bridgehead atoms. The fourth-order valence-corrected chi connectivity index (χ4v) is 8.64. The molecule has 36 heavy (non-hydrogen) atoms. The minimum Gasteiger partial charge on any atom is -0.456 e. The van der Waals surface area contributed by atoms with Crippen LogP contribution in [0.25, 0.3) is 44.2 Å². The third kappa shape index (κ3) is 3.15. The summed E-state index contributed by atoms with van der Waals surface area (Å²) in [6.07, 6.45) is 8.26. The maximum Gasteiger partial charge on any atom is 0.139 e. The van der Waals surface area contributed by atoms with E-state index in [1.54, 1.807) is 0 Å². The highest BCUT2D eigenvalue weighted by molar-refractivity contribution is 6.37. The van der Waals surface area contributed by atoms with Crippen LogP contribution in [-0.2, 0) is 5.41 Å². The van der Waals surface area contributed by atoms with E-state index in [-0.39, 0.29) is 5.41 Å². The number of fused-ring (bicyclic) bond motifs is 3. The maximum atomic E-state index is 6.78. The molecule has 9 rings (SSSR count). The molecule has 0 amide bonds. The van der Waals surface area contributed by atoms with Gasteiger partial charge in [-0.05, 0) is 108 Å². The van der Waals surface area contributed by atoms with Crippen LogP contribution in [0.2, 0.25) is 5.02 Å². The molecule has 1 aromatic heterocycles. The monoisotopic (exact) mass is 488 g/mol. The van der Waals surface area contributed by atoms with Crippen molar-refractivity contribution in [1.29, 1.82) is 0 Å². The molecule has 4 saturated carbocycles. The lowest BCUT2D eigenvalue weighted by molar-refractivity contribution is -0.00483. The summed E-state index contributed by atoms with van der Waals surface area (Å²) < 4.78 is 6.64. The molecule has 4 fully saturated rings. The predicted octanol–water partition coefficient (Wildman–Crippen LogP) is 10.0. The van der Waals surface area contributed by atoms with Crippen LogP contribution in [0.4, 0.5) is 0 Å². The van der Waals surface area contributed by atoms with E-state index in [0.717, 1.165) is 39.3 Å². The normalized spacial score (nSPS) is 26.8. The Bertz CT molecular complexity index is 1570. The summed E-state index contributed by atoms with van der Waals surface area (Å²) in [5.74, 6) is 2.65. The van der Waals surface area contributed by atoms with E-state index in [2.05, 4.69) is 72.8 Å². The number of furan rings is 1. The SMILES string of the molecule is Clc1cccc2oc3c(C45CC6CC(CC(C6)C4)C5)cc(-c4ccc(-c5ccccc5)cc4)cc3c12. The third-order valence-corrected chi connectivity index (χ3v) is 9.80. The van der Waals surface area contributed by atoms with Gasteiger partial charge in [0.25, 0.3) is 0 Å². The molecule has 0 radical (unpaired) electrons. The Labute approximate surface area is 217 Å². The van der Waals surface area contributed by atoms with E-state index in [1.165, 1.54) is 71.7 Å². The number of hydrogen-bond acceptors (Lipinski definition) is 1. The van der Waals surface area contributed by atoms with Crippen molar-refractivity contribution in [2.75, 3.05) is 0 Å². The van der Waals surface area contributed by atoms with Gasteiger partial charge in [0.05, 0.1) is 5.02 Å². The van der Waals surface area contributed by atoms with Crippen molar-refractivity contribution in [3.05, 3.63) is 95.5 Å². The van der Waals surface area contributed by atoms with Gasteiger partial charge in [0.15, 0.2) is 0 Å². The van der Waals surface area contributed by atoms with Crippen LogP contribution in [0.1, 0.15) is 44.1 Å². The number of halogens is 1. The Morgan fingerprint density at radius 2 is 1.25 bits per heavy atom. The lowest BCUT2D eigenvalue weighted by Crippen LogP contribution is -2.48. The zero-order valence-electron chi connectivity index (χ0n) is 20.3. The molecule has 0 spiro atoms. The minimum atomic E-state index is 0.243. The molecule has 4 aromatic carbocycles. The summed E-state index contributed by atoms with van der Waals surface area (Å²) in [7, 11) is 0. The maximum absolute atomic E-state index is 6.78. The first-order valence-electron chi connectivity index (χ1n) is 13.5. The standard InChI is InChI=1S/C34H29ClO/c35-30-7-4-8-31-32(30)28-16-27(26-11-9-25(10-12-26)24-5-2-1-3-6-24)17-29(33(28)36-31)34-18-21-13-22(19-34)15-23(14-21)20-34/h1-12,16-17,21-23H,13-15,18-20H2. The molecule has 5 aromatic rings. The van der Waals surface area contributed by atoms with Crippen LogP contribution in [0, 0.1) is 17.8 Å². The Kier molecular flexibility index (Phi) is 4.53. The van der Waals surface area contributed by atoms with Crippen LogP contribution in [-0.4, -0.2) is 0 Å². The molecular weight excluding hydrogens is 460 g/mol. The molecule has 4 aliphatic carbocycles. The van der Waals surface area contributed by atoms with Gasteiger partial charge in [-0.15, -0.1) is 0 Å². The largest absolute Gasteiger partial charge is 0.456 e. The van der Waals surface area contributed by atoms with Gasteiger partial charge in [-0.3, -0.25) is 0 Å². The van der Waals surface area contributed by atoms with Crippen LogP contribution in [0.5, 0.6) is 0 Å². The van der Waals surface area contributed by atoms with Crippen LogP contribution >= 0.6 is 11.6 Å². The van der Waals surface area contributed by atoms with Crippen molar-refractivity contribution < 1.29 is 4.42 Å². The van der Waals surface area contributed by atoms with Gasteiger partial charge in [-0.1, -0.05) is 72.3 Å². The fraction of sp³-hybridized carbons (Fsp3) is 0.294. The number of rotatable bonds is 3. The van der Waals surface area contributed by atoms with Gasteiger partial charge in [-0.25, -0.2) is 0 Å². The molecular formula is C34H29ClO. The van der Waals surface area contributed by atoms with Crippen molar-refractivity contribution in [3.8, 4) is 22.3 Å². The second-order valence-corrected chi connectivity index (χ2v) is 12.2. The van der Waals surface area contributed by atoms with Crippen molar-refractivity contribution in [2.45, 2.75) is 43.9 Å². The van der Waals surface area contributed by atoms with Gasteiger partial charge in [0, 0.05) is 16.3 Å². The summed E-state index contributed by atoms with van der Waals surface area (Å²) in [5.41, 5.74) is 8.69. The molecule has 1 nitrogen and oxygen atoms in total. The first-order valence-corrected chi connectivity index (χ1v) is 13.8. The zero-order valence-corrected chi connectivity index (χ0v) is 21.1. The zero-order chi connectivity index (χ0) is 23.9. The first-order chi connectivity index (χ1) is 17.6. The molecule has 0 aliphatic heterocycles. The smallest absolute Gasteiger partial charge is 0.139 e. The summed E-state index contributed by atoms with van der Waals surface area (Å²) in [5, 5.41) is 3.01. The van der Waals surface area contributed by atoms with Crippen LogP contribution < -0.4 is 0 Å². The summed E-state index contributed by atoms with van der Waals surface area (Å²) >= 11 is 6.78. The summed E-state index contributed by atoms with van der Waals surface area (Å²) in [4.78, 5) is 0. The highest BCUT2D eigenvalue weighted by atomic mass is 35.5. The van der Waals surface area contributed by atoms with Crippen LogP contribution in [0.3, 0.4) is 0 Å². The van der Waals surface area contributed by atoms with E-state index >= 15 is 0 Å². The molecule has 1 heterocycles. The van der Waals surface area contributed by atoms with Gasteiger partial charge < -0.3 is 4.42 Å². The van der Waals surface area contributed by atoms with Gasteiger partial charge in [-0.2, -0.15) is 0 Å².